The molecule has 28 heavy (non-hydrogen) atoms. The first-order valence-corrected chi connectivity index (χ1v) is 9.25. The van der Waals surface area contributed by atoms with Crippen LogP contribution < -0.4 is 0 Å². The number of nitriles is 1. The number of tetrazole rings is 1. The minimum absolute atomic E-state index is 0.395. The monoisotopic (exact) mass is 427 g/mol. The largest absolute Gasteiger partial charge is 0.299 e. The number of hydrogen-bond donors (Lipinski definition) is 1. The van der Waals surface area contributed by atoms with Crippen molar-refractivity contribution >= 4 is 35.4 Å². The molecule has 4 aromatic rings. The maximum Gasteiger partial charge on any atom is 0.209 e. The van der Waals surface area contributed by atoms with Gasteiger partial charge in [-0.05, 0) is 35.0 Å². The van der Waals surface area contributed by atoms with Crippen LogP contribution in [0.15, 0.2) is 48.7 Å². The summed E-state index contributed by atoms with van der Waals surface area (Å²) in [6, 6.07) is 14.6. The van der Waals surface area contributed by atoms with Crippen molar-refractivity contribution in [3.8, 4) is 23.1 Å². The van der Waals surface area contributed by atoms with Gasteiger partial charge in [-0.2, -0.15) is 10.1 Å². The van der Waals surface area contributed by atoms with Gasteiger partial charge in [-0.3, -0.25) is 5.10 Å². The van der Waals surface area contributed by atoms with Crippen LogP contribution in [0.5, 0.6) is 0 Å². The van der Waals surface area contributed by atoms with Crippen molar-refractivity contribution in [2.24, 2.45) is 0 Å². The number of aromatic nitrogens is 6. The van der Waals surface area contributed by atoms with Crippen molar-refractivity contribution in [2.45, 2.75) is 6.54 Å². The SMILES string of the molecule is N#Cc1ccc(Cn2nnc(-c3c[nH]n(-c4cccc(Cl)c4Cl)c3=S)n2)cc1. The van der Waals surface area contributed by atoms with Crippen molar-refractivity contribution in [3.63, 3.8) is 0 Å². The second kappa shape index (κ2) is 7.56. The van der Waals surface area contributed by atoms with Crippen LogP contribution in [0, 0.1) is 16.0 Å². The zero-order chi connectivity index (χ0) is 19.7. The third-order valence-electron chi connectivity index (χ3n) is 4.04. The Morgan fingerprint density at radius 1 is 1.14 bits per heavy atom. The molecule has 0 amide bonds. The lowest BCUT2D eigenvalue weighted by Gasteiger charge is -2.06. The van der Waals surface area contributed by atoms with Crippen molar-refractivity contribution in [2.75, 3.05) is 0 Å². The molecule has 0 saturated heterocycles. The Morgan fingerprint density at radius 3 is 2.68 bits per heavy atom. The van der Waals surface area contributed by atoms with E-state index in [1.165, 1.54) is 4.80 Å². The Hall–Kier alpha value is -2.99. The van der Waals surface area contributed by atoms with Gasteiger partial charge in [-0.1, -0.05) is 53.6 Å². The fourth-order valence-electron chi connectivity index (χ4n) is 2.64. The smallest absolute Gasteiger partial charge is 0.209 e. The lowest BCUT2D eigenvalue weighted by atomic mass is 10.1. The van der Waals surface area contributed by atoms with Gasteiger partial charge >= 0.3 is 0 Å². The number of aromatic amines is 1. The van der Waals surface area contributed by atoms with E-state index in [-0.39, 0.29) is 0 Å². The Labute approximate surface area is 174 Å². The summed E-state index contributed by atoms with van der Waals surface area (Å²) in [5.41, 5.74) is 2.81. The molecule has 0 unspecified atom stereocenters. The number of halogens is 2. The zero-order valence-electron chi connectivity index (χ0n) is 14.2. The van der Waals surface area contributed by atoms with Crippen molar-refractivity contribution in [1.29, 1.82) is 5.26 Å². The van der Waals surface area contributed by atoms with E-state index in [0.717, 1.165) is 5.56 Å². The van der Waals surface area contributed by atoms with Crippen LogP contribution in [-0.4, -0.2) is 30.0 Å². The quantitative estimate of drug-likeness (QED) is 0.487. The first-order valence-electron chi connectivity index (χ1n) is 8.09. The second-order valence-corrected chi connectivity index (χ2v) is 7.02. The number of hydrogen-bond acceptors (Lipinski definition) is 5. The van der Waals surface area contributed by atoms with E-state index < -0.39 is 0 Å². The summed E-state index contributed by atoms with van der Waals surface area (Å²) in [6.07, 6.45) is 1.70. The van der Waals surface area contributed by atoms with Gasteiger partial charge in [0.2, 0.25) is 5.82 Å². The third-order valence-corrected chi connectivity index (χ3v) is 5.26. The molecule has 0 bridgehead atoms. The second-order valence-electron chi connectivity index (χ2n) is 5.85. The van der Waals surface area contributed by atoms with Gasteiger partial charge in [-0.25, -0.2) is 4.68 Å². The van der Waals surface area contributed by atoms with E-state index in [1.807, 2.05) is 12.1 Å². The summed E-state index contributed by atoms with van der Waals surface area (Å²) in [5, 5.41) is 25.3. The average molecular weight is 428 g/mol. The summed E-state index contributed by atoms with van der Waals surface area (Å²) in [7, 11) is 0. The Morgan fingerprint density at radius 2 is 1.93 bits per heavy atom. The van der Waals surface area contributed by atoms with Crippen molar-refractivity contribution < 1.29 is 0 Å². The zero-order valence-corrected chi connectivity index (χ0v) is 16.5. The maximum atomic E-state index is 8.87. The fourth-order valence-corrected chi connectivity index (χ4v) is 3.32. The van der Waals surface area contributed by atoms with Crippen LogP contribution in [0.1, 0.15) is 11.1 Å². The van der Waals surface area contributed by atoms with Crippen molar-refractivity contribution in [1.82, 2.24) is 30.0 Å². The van der Waals surface area contributed by atoms with E-state index in [4.69, 9.17) is 40.7 Å². The number of nitrogens with zero attached hydrogens (tertiary/aromatic N) is 6. The Balaban J connectivity index is 1.62. The molecule has 0 aliphatic rings. The highest BCUT2D eigenvalue weighted by molar-refractivity contribution is 7.71. The summed E-state index contributed by atoms with van der Waals surface area (Å²) in [4.78, 5) is 1.47. The molecule has 0 atom stereocenters. The number of rotatable bonds is 4. The van der Waals surface area contributed by atoms with E-state index in [1.54, 1.807) is 41.2 Å². The van der Waals surface area contributed by atoms with E-state index in [2.05, 4.69) is 26.6 Å². The minimum Gasteiger partial charge on any atom is -0.299 e. The molecule has 0 radical (unpaired) electrons. The van der Waals surface area contributed by atoms with Gasteiger partial charge in [0.15, 0.2) is 0 Å². The van der Waals surface area contributed by atoms with Gasteiger partial charge in [0.1, 0.15) is 4.64 Å². The lowest BCUT2D eigenvalue weighted by molar-refractivity contribution is 0.573. The summed E-state index contributed by atoms with van der Waals surface area (Å²) >= 11 is 17.9. The molecule has 10 heteroatoms. The van der Waals surface area contributed by atoms with Gasteiger partial charge in [0.05, 0.1) is 39.5 Å². The standard InChI is InChI=1S/C18H11Cl2N7S/c19-14-2-1-3-15(16(14)20)27-18(28)13(9-22-27)17-23-25-26(24-17)10-12-6-4-11(8-21)5-7-12/h1-7,9,22H,10H2. The van der Waals surface area contributed by atoms with Crippen LogP contribution in [0.25, 0.3) is 17.1 Å². The molecular formula is C18H11Cl2N7S. The summed E-state index contributed by atoms with van der Waals surface area (Å²) in [5.74, 6) is 0.395. The fraction of sp³-hybridized carbons (Fsp3) is 0.0556. The van der Waals surface area contributed by atoms with Crippen LogP contribution in [0.3, 0.4) is 0 Å². The first-order chi connectivity index (χ1) is 13.6. The molecule has 0 spiro atoms. The molecule has 4 rings (SSSR count). The van der Waals surface area contributed by atoms with Crippen LogP contribution >= 0.6 is 35.4 Å². The van der Waals surface area contributed by atoms with E-state index in [9.17, 15) is 0 Å². The predicted molar refractivity (Wildman–Crippen MR) is 108 cm³/mol. The van der Waals surface area contributed by atoms with E-state index in [0.29, 0.717) is 43.9 Å². The molecule has 0 fully saturated rings. The molecule has 1 N–H and O–H groups in total. The molecular weight excluding hydrogens is 417 g/mol. The van der Waals surface area contributed by atoms with Crippen LogP contribution in [0.4, 0.5) is 0 Å². The number of benzene rings is 2. The molecule has 138 valence electrons. The Kier molecular flexibility index (Phi) is 4.96. The lowest BCUT2D eigenvalue weighted by Crippen LogP contribution is -2.04. The predicted octanol–water partition coefficient (Wildman–Crippen LogP) is 4.42. The van der Waals surface area contributed by atoms with E-state index >= 15 is 0 Å². The molecule has 0 saturated carbocycles. The number of nitrogens with one attached hydrogen (secondary N) is 1. The highest BCUT2D eigenvalue weighted by Crippen LogP contribution is 2.29. The van der Waals surface area contributed by atoms with Crippen LogP contribution in [-0.2, 0) is 6.54 Å². The molecule has 0 aliphatic heterocycles. The van der Waals surface area contributed by atoms with Gasteiger partial charge in [-0.15, -0.1) is 10.2 Å². The number of H-pyrrole nitrogens is 1. The minimum atomic E-state index is 0.395. The molecule has 7 nitrogen and oxygen atoms in total. The average Bonchev–Trinajstić information content (AvgIpc) is 3.31. The topological polar surface area (TPSA) is 88.1 Å². The van der Waals surface area contributed by atoms with Gasteiger partial charge in [0.25, 0.3) is 0 Å². The molecule has 2 heterocycles. The normalized spacial score (nSPS) is 10.8. The highest BCUT2D eigenvalue weighted by Gasteiger charge is 2.15. The maximum absolute atomic E-state index is 8.87. The molecule has 0 aliphatic carbocycles. The third kappa shape index (κ3) is 3.43. The Bertz CT molecular complexity index is 1250. The summed E-state index contributed by atoms with van der Waals surface area (Å²) < 4.78 is 2.10. The highest BCUT2D eigenvalue weighted by atomic mass is 35.5. The first kappa shape index (κ1) is 18.4. The van der Waals surface area contributed by atoms with Crippen molar-refractivity contribution in [3.05, 3.63) is 74.5 Å². The summed E-state index contributed by atoms with van der Waals surface area (Å²) in [6.45, 7) is 0.427. The van der Waals surface area contributed by atoms with Gasteiger partial charge < -0.3 is 0 Å². The van der Waals surface area contributed by atoms with Gasteiger partial charge in [0, 0.05) is 6.20 Å². The molecule has 2 aromatic carbocycles. The molecule has 2 aromatic heterocycles. The van der Waals surface area contributed by atoms with Crippen LogP contribution in [0.2, 0.25) is 10.0 Å².